The summed E-state index contributed by atoms with van der Waals surface area (Å²) in [5.41, 5.74) is -2.52. The summed E-state index contributed by atoms with van der Waals surface area (Å²) in [5.74, 6) is -0.544. The van der Waals surface area contributed by atoms with Gasteiger partial charge in [-0.2, -0.15) is 18.4 Å². The molecule has 1 fully saturated rings. The zero-order valence-electron chi connectivity index (χ0n) is 14.9. The molecule has 1 aromatic heterocycles. The molecule has 1 aliphatic carbocycles. The van der Waals surface area contributed by atoms with Gasteiger partial charge in [0.05, 0.1) is 34.7 Å². The molecule has 0 saturated heterocycles. The topological polar surface area (TPSA) is 90.9 Å². The number of carbonyl (C=O) groups excluding carboxylic acids is 1. The van der Waals surface area contributed by atoms with Crippen molar-refractivity contribution in [3.05, 3.63) is 23.3 Å². The van der Waals surface area contributed by atoms with E-state index in [0.717, 1.165) is 25.3 Å². The van der Waals surface area contributed by atoms with Crippen LogP contribution in [0.5, 0.6) is 0 Å². The second-order valence-corrected chi connectivity index (χ2v) is 7.43. The molecule has 3 rings (SSSR count). The Morgan fingerprint density at radius 1 is 1.41 bits per heavy atom. The van der Waals surface area contributed by atoms with Crippen LogP contribution in [0.4, 0.5) is 19.1 Å². The maximum Gasteiger partial charge on any atom is 0.418 e. The lowest BCUT2D eigenvalue weighted by atomic mass is 9.92. The smallest absolute Gasteiger partial charge is 0.390 e. The summed E-state index contributed by atoms with van der Waals surface area (Å²) in [6.45, 7) is 2.92. The number of fused-ring (bicyclic) bond motifs is 1. The number of nitrogens with zero attached hydrogens (tertiary/aromatic N) is 3. The highest BCUT2D eigenvalue weighted by Crippen LogP contribution is 2.41. The predicted molar refractivity (Wildman–Crippen MR) is 91.9 cm³/mol. The molecule has 1 aromatic carbocycles. The molecule has 2 N–H and O–H groups in total. The number of hydrogen-bond acceptors (Lipinski definition) is 4. The molecule has 1 heterocycles. The first-order valence-corrected chi connectivity index (χ1v) is 8.55. The van der Waals surface area contributed by atoms with Crippen LogP contribution in [-0.4, -0.2) is 26.2 Å². The van der Waals surface area contributed by atoms with Gasteiger partial charge in [0, 0.05) is 6.04 Å². The van der Waals surface area contributed by atoms with Gasteiger partial charge in [0.25, 0.3) is 0 Å². The van der Waals surface area contributed by atoms with Gasteiger partial charge in [-0.25, -0.2) is 4.98 Å². The molecule has 9 heteroatoms. The summed E-state index contributed by atoms with van der Waals surface area (Å²) in [4.78, 5) is 16.2. The van der Waals surface area contributed by atoms with E-state index in [-0.39, 0.29) is 35.0 Å². The molecule has 27 heavy (non-hydrogen) atoms. The summed E-state index contributed by atoms with van der Waals surface area (Å²) in [7, 11) is 0. The molecular formula is C18H19F3N4O2. The number of nitrogens with one attached hydrogen (secondary N) is 1. The normalized spacial score (nSPS) is 15.4. The summed E-state index contributed by atoms with van der Waals surface area (Å²) in [6.07, 6.45) is -2.49. The second-order valence-electron chi connectivity index (χ2n) is 7.43. The minimum absolute atomic E-state index is 0.00420. The van der Waals surface area contributed by atoms with Gasteiger partial charge >= 0.3 is 6.18 Å². The van der Waals surface area contributed by atoms with Crippen molar-refractivity contribution in [3.63, 3.8) is 0 Å². The lowest BCUT2D eigenvalue weighted by Gasteiger charge is -2.29. The first kappa shape index (κ1) is 19.2. The van der Waals surface area contributed by atoms with Crippen LogP contribution in [0.2, 0.25) is 0 Å². The molecule has 0 spiro atoms. The van der Waals surface area contributed by atoms with Crippen LogP contribution in [0.15, 0.2) is 12.1 Å². The van der Waals surface area contributed by atoms with Crippen LogP contribution in [-0.2, 0) is 11.0 Å². The number of aliphatic hydroxyl groups is 1. The first-order chi connectivity index (χ1) is 12.5. The number of amides is 1. The Morgan fingerprint density at radius 2 is 2.07 bits per heavy atom. The number of imidazole rings is 1. The van der Waals surface area contributed by atoms with Crippen LogP contribution in [0.25, 0.3) is 11.0 Å². The van der Waals surface area contributed by atoms with E-state index in [1.807, 2.05) is 0 Å². The molecule has 0 atom stereocenters. The number of benzene rings is 1. The van der Waals surface area contributed by atoms with Crippen molar-refractivity contribution in [2.75, 3.05) is 5.32 Å². The van der Waals surface area contributed by atoms with Crippen molar-refractivity contribution in [3.8, 4) is 6.07 Å². The quantitative estimate of drug-likeness (QED) is 0.845. The number of aromatic nitrogens is 2. The largest absolute Gasteiger partial charge is 0.418 e. The number of halogens is 3. The maximum atomic E-state index is 13.5. The predicted octanol–water partition coefficient (Wildman–Crippen LogP) is 3.75. The molecule has 2 aromatic rings. The Labute approximate surface area is 153 Å². The van der Waals surface area contributed by atoms with E-state index in [9.17, 15) is 23.1 Å². The Hall–Kier alpha value is -2.60. The summed E-state index contributed by atoms with van der Waals surface area (Å²) < 4.78 is 42.0. The van der Waals surface area contributed by atoms with Gasteiger partial charge in [-0.05, 0) is 45.2 Å². The molecule has 1 saturated carbocycles. The Morgan fingerprint density at radius 3 is 2.56 bits per heavy atom. The number of carbonyl (C=O) groups is 1. The summed E-state index contributed by atoms with van der Waals surface area (Å²) in [6, 6.07) is 3.79. The van der Waals surface area contributed by atoms with E-state index in [1.54, 1.807) is 10.6 Å². The van der Waals surface area contributed by atoms with Gasteiger partial charge in [0.2, 0.25) is 11.9 Å². The fraction of sp³-hybridized carbons (Fsp3) is 0.500. The van der Waals surface area contributed by atoms with Crippen LogP contribution in [0.3, 0.4) is 0 Å². The second kappa shape index (κ2) is 6.53. The maximum absolute atomic E-state index is 13.5. The van der Waals surface area contributed by atoms with E-state index < -0.39 is 23.2 Å². The molecule has 1 aliphatic rings. The number of rotatable bonds is 4. The number of alkyl halides is 3. The van der Waals surface area contributed by atoms with E-state index in [0.29, 0.717) is 0 Å². The SMILES string of the molecule is CC(C)(O)CC(=O)Nc1nc2c(C(F)(F)F)cc(C#N)cc2n1C1CCC1. The van der Waals surface area contributed by atoms with E-state index >= 15 is 0 Å². The van der Waals surface area contributed by atoms with Gasteiger partial charge in [0.1, 0.15) is 5.52 Å². The average molecular weight is 380 g/mol. The lowest BCUT2D eigenvalue weighted by molar-refractivity contribution is -0.136. The molecule has 0 radical (unpaired) electrons. The summed E-state index contributed by atoms with van der Waals surface area (Å²) in [5, 5.41) is 21.4. The average Bonchev–Trinajstić information content (AvgIpc) is 2.79. The van der Waals surface area contributed by atoms with E-state index in [4.69, 9.17) is 5.26 Å². The zero-order valence-corrected chi connectivity index (χ0v) is 14.9. The highest BCUT2D eigenvalue weighted by Gasteiger charge is 2.36. The molecule has 6 nitrogen and oxygen atoms in total. The van der Waals surface area contributed by atoms with E-state index in [1.165, 1.54) is 19.9 Å². The first-order valence-electron chi connectivity index (χ1n) is 8.55. The van der Waals surface area contributed by atoms with Crippen LogP contribution >= 0.6 is 0 Å². The van der Waals surface area contributed by atoms with Crippen LogP contribution in [0.1, 0.15) is 56.7 Å². The number of anilines is 1. The lowest BCUT2D eigenvalue weighted by Crippen LogP contribution is -2.29. The Bertz CT molecular complexity index is 931. The third kappa shape index (κ3) is 3.90. The highest BCUT2D eigenvalue weighted by atomic mass is 19.4. The minimum atomic E-state index is -4.68. The van der Waals surface area contributed by atoms with E-state index in [2.05, 4.69) is 10.3 Å². The van der Waals surface area contributed by atoms with Crippen molar-refractivity contribution < 1.29 is 23.1 Å². The number of hydrogen-bond donors (Lipinski definition) is 2. The molecule has 144 valence electrons. The standard InChI is InChI=1S/C18H19F3N4O2/c1-17(2,27)8-14(26)23-16-24-15-12(18(19,20)21)6-10(9-22)7-13(15)25(16)11-4-3-5-11/h6-7,11,27H,3-5,8H2,1-2H3,(H,23,24,26). The third-order valence-electron chi connectivity index (χ3n) is 4.51. The Balaban J connectivity index is 2.16. The van der Waals surface area contributed by atoms with Gasteiger partial charge in [-0.3, -0.25) is 10.1 Å². The van der Waals surface area contributed by atoms with Crippen molar-refractivity contribution in [2.45, 2.75) is 57.3 Å². The van der Waals surface area contributed by atoms with Gasteiger partial charge in [-0.15, -0.1) is 0 Å². The molecule has 0 bridgehead atoms. The molecule has 0 unspecified atom stereocenters. The zero-order chi connectivity index (χ0) is 20.0. The van der Waals surface area contributed by atoms with Gasteiger partial charge in [0.15, 0.2) is 0 Å². The van der Waals surface area contributed by atoms with Crippen LogP contribution < -0.4 is 5.32 Å². The highest BCUT2D eigenvalue weighted by molar-refractivity contribution is 5.93. The fourth-order valence-electron chi connectivity index (χ4n) is 3.14. The van der Waals surface area contributed by atoms with Crippen LogP contribution in [0, 0.1) is 11.3 Å². The van der Waals surface area contributed by atoms with Crippen molar-refractivity contribution >= 4 is 22.9 Å². The van der Waals surface area contributed by atoms with Crippen molar-refractivity contribution in [1.29, 1.82) is 5.26 Å². The molecule has 0 aliphatic heterocycles. The third-order valence-corrected chi connectivity index (χ3v) is 4.51. The molecular weight excluding hydrogens is 361 g/mol. The Kier molecular flexibility index (Phi) is 4.64. The van der Waals surface area contributed by atoms with Crippen molar-refractivity contribution in [1.82, 2.24) is 9.55 Å². The monoisotopic (exact) mass is 380 g/mol. The summed E-state index contributed by atoms with van der Waals surface area (Å²) >= 11 is 0. The van der Waals surface area contributed by atoms with Gasteiger partial charge < -0.3 is 9.67 Å². The van der Waals surface area contributed by atoms with Gasteiger partial charge in [-0.1, -0.05) is 0 Å². The minimum Gasteiger partial charge on any atom is -0.390 e. The fourth-order valence-corrected chi connectivity index (χ4v) is 3.14. The molecule has 1 amide bonds. The number of nitriles is 1. The van der Waals surface area contributed by atoms with Crippen molar-refractivity contribution in [2.24, 2.45) is 0 Å².